The molecule has 5 heteroatoms. The standard InChI is InChI=1S/C10H12N2O3/c13-9-4-3-8(12-9)10(14)11-6-7-2-1-5-15-7/h1-2,5,8H,3-4,6H2,(H,11,14)(H,12,13)/t8-/m0/s1. The second-order valence-electron chi connectivity index (χ2n) is 3.46. The van der Waals surface area contributed by atoms with Crippen LogP contribution in [0.15, 0.2) is 22.8 Å². The van der Waals surface area contributed by atoms with Crippen LogP contribution in [0.5, 0.6) is 0 Å². The summed E-state index contributed by atoms with van der Waals surface area (Å²) >= 11 is 0. The molecule has 1 atom stereocenters. The molecule has 0 radical (unpaired) electrons. The fourth-order valence-corrected chi connectivity index (χ4v) is 1.52. The van der Waals surface area contributed by atoms with Crippen LogP contribution in [0, 0.1) is 0 Å². The van der Waals surface area contributed by atoms with Crippen LogP contribution in [-0.2, 0) is 16.1 Å². The first-order chi connectivity index (χ1) is 7.25. The Morgan fingerprint density at radius 1 is 1.67 bits per heavy atom. The van der Waals surface area contributed by atoms with Crippen LogP contribution in [0.3, 0.4) is 0 Å². The highest BCUT2D eigenvalue weighted by molar-refractivity contribution is 5.90. The minimum absolute atomic E-state index is 0.0619. The van der Waals surface area contributed by atoms with Gasteiger partial charge in [-0.05, 0) is 18.6 Å². The molecular weight excluding hydrogens is 196 g/mol. The summed E-state index contributed by atoms with van der Waals surface area (Å²) in [6.07, 6.45) is 2.56. The maximum atomic E-state index is 11.5. The molecule has 80 valence electrons. The highest BCUT2D eigenvalue weighted by Crippen LogP contribution is 2.07. The number of furan rings is 1. The summed E-state index contributed by atoms with van der Waals surface area (Å²) in [4.78, 5) is 22.4. The zero-order chi connectivity index (χ0) is 10.7. The van der Waals surface area contributed by atoms with Crippen molar-refractivity contribution in [2.75, 3.05) is 0 Å². The van der Waals surface area contributed by atoms with Gasteiger partial charge in [0.2, 0.25) is 11.8 Å². The van der Waals surface area contributed by atoms with E-state index in [0.717, 1.165) is 0 Å². The Kier molecular flexibility index (Phi) is 2.71. The Morgan fingerprint density at radius 2 is 2.53 bits per heavy atom. The average Bonchev–Trinajstić information content (AvgIpc) is 2.84. The number of carbonyl (C=O) groups is 2. The van der Waals surface area contributed by atoms with E-state index < -0.39 is 0 Å². The topological polar surface area (TPSA) is 71.3 Å². The second-order valence-corrected chi connectivity index (χ2v) is 3.46. The fourth-order valence-electron chi connectivity index (χ4n) is 1.52. The Balaban J connectivity index is 1.80. The van der Waals surface area contributed by atoms with Crippen LogP contribution in [0.2, 0.25) is 0 Å². The van der Waals surface area contributed by atoms with Gasteiger partial charge in [-0.15, -0.1) is 0 Å². The summed E-state index contributed by atoms with van der Waals surface area (Å²) in [6.45, 7) is 0.359. The molecule has 0 saturated carbocycles. The smallest absolute Gasteiger partial charge is 0.242 e. The third-order valence-electron chi connectivity index (χ3n) is 2.33. The summed E-state index contributed by atoms with van der Waals surface area (Å²) in [5.74, 6) is 0.484. The predicted octanol–water partition coefficient (Wildman–Crippen LogP) is 0.174. The molecule has 1 aromatic heterocycles. The van der Waals surface area contributed by atoms with Gasteiger partial charge in [0.05, 0.1) is 12.8 Å². The van der Waals surface area contributed by atoms with Gasteiger partial charge in [-0.1, -0.05) is 0 Å². The fraction of sp³-hybridized carbons (Fsp3) is 0.400. The van der Waals surface area contributed by atoms with Crippen LogP contribution < -0.4 is 10.6 Å². The molecule has 1 aromatic rings. The third kappa shape index (κ3) is 2.37. The van der Waals surface area contributed by atoms with Gasteiger partial charge in [0, 0.05) is 6.42 Å². The lowest BCUT2D eigenvalue weighted by Gasteiger charge is -2.09. The Bertz CT molecular complexity index is 359. The average molecular weight is 208 g/mol. The molecule has 0 bridgehead atoms. The van der Waals surface area contributed by atoms with E-state index >= 15 is 0 Å². The molecule has 2 rings (SSSR count). The number of hydrogen-bond donors (Lipinski definition) is 2. The van der Waals surface area contributed by atoms with Gasteiger partial charge < -0.3 is 15.1 Å². The number of carbonyl (C=O) groups excluding carboxylic acids is 2. The van der Waals surface area contributed by atoms with Crippen molar-refractivity contribution < 1.29 is 14.0 Å². The summed E-state index contributed by atoms with van der Waals surface area (Å²) in [7, 11) is 0. The number of amides is 2. The highest BCUT2D eigenvalue weighted by Gasteiger charge is 2.26. The van der Waals surface area contributed by atoms with Crippen molar-refractivity contribution in [3.05, 3.63) is 24.2 Å². The second kappa shape index (κ2) is 4.16. The van der Waals surface area contributed by atoms with Crippen LogP contribution in [0.25, 0.3) is 0 Å². The molecule has 0 aliphatic carbocycles. The van der Waals surface area contributed by atoms with E-state index in [1.54, 1.807) is 18.4 Å². The van der Waals surface area contributed by atoms with Crippen molar-refractivity contribution in [2.24, 2.45) is 0 Å². The molecule has 2 amide bonds. The van der Waals surface area contributed by atoms with Crippen LogP contribution >= 0.6 is 0 Å². The van der Waals surface area contributed by atoms with E-state index in [1.807, 2.05) is 0 Å². The van der Waals surface area contributed by atoms with Crippen molar-refractivity contribution in [1.29, 1.82) is 0 Å². The largest absolute Gasteiger partial charge is 0.467 e. The van der Waals surface area contributed by atoms with Crippen molar-refractivity contribution >= 4 is 11.8 Å². The van der Waals surface area contributed by atoms with Gasteiger partial charge in [-0.3, -0.25) is 9.59 Å². The SMILES string of the molecule is O=C1CC[C@@H](C(=O)NCc2ccco2)N1. The first kappa shape index (κ1) is 9.76. The monoisotopic (exact) mass is 208 g/mol. The van der Waals surface area contributed by atoms with Gasteiger partial charge in [0.15, 0.2) is 0 Å². The lowest BCUT2D eigenvalue weighted by Crippen LogP contribution is -2.41. The molecule has 0 aromatic carbocycles. The van der Waals surface area contributed by atoms with Crippen LogP contribution in [0.4, 0.5) is 0 Å². The zero-order valence-corrected chi connectivity index (χ0v) is 8.16. The van der Waals surface area contributed by atoms with E-state index in [-0.39, 0.29) is 17.9 Å². The Hall–Kier alpha value is -1.78. The van der Waals surface area contributed by atoms with E-state index in [2.05, 4.69) is 10.6 Å². The van der Waals surface area contributed by atoms with Crippen molar-refractivity contribution in [3.8, 4) is 0 Å². The summed E-state index contributed by atoms with van der Waals surface area (Å²) in [5, 5.41) is 5.30. The van der Waals surface area contributed by atoms with Crippen LogP contribution in [-0.4, -0.2) is 17.9 Å². The van der Waals surface area contributed by atoms with Gasteiger partial charge in [0.25, 0.3) is 0 Å². The van der Waals surface area contributed by atoms with Crippen LogP contribution in [0.1, 0.15) is 18.6 Å². The predicted molar refractivity (Wildman–Crippen MR) is 51.7 cm³/mol. The first-order valence-electron chi connectivity index (χ1n) is 4.85. The maximum Gasteiger partial charge on any atom is 0.242 e. The van der Waals surface area contributed by atoms with Gasteiger partial charge in [-0.25, -0.2) is 0 Å². The molecule has 1 aliphatic heterocycles. The molecular formula is C10H12N2O3. The minimum atomic E-state index is -0.382. The third-order valence-corrected chi connectivity index (χ3v) is 2.33. The highest BCUT2D eigenvalue weighted by atomic mass is 16.3. The molecule has 15 heavy (non-hydrogen) atoms. The van der Waals surface area contributed by atoms with Crippen molar-refractivity contribution in [3.63, 3.8) is 0 Å². The summed E-state index contributed by atoms with van der Waals surface area (Å²) < 4.78 is 5.07. The summed E-state index contributed by atoms with van der Waals surface area (Å²) in [6, 6.07) is 3.17. The van der Waals surface area contributed by atoms with Gasteiger partial charge >= 0.3 is 0 Å². The minimum Gasteiger partial charge on any atom is -0.467 e. The van der Waals surface area contributed by atoms with E-state index in [1.165, 1.54) is 0 Å². The molecule has 1 aliphatic rings. The van der Waals surface area contributed by atoms with E-state index in [9.17, 15) is 9.59 Å². The molecule has 1 saturated heterocycles. The number of rotatable bonds is 3. The molecule has 0 spiro atoms. The first-order valence-corrected chi connectivity index (χ1v) is 4.85. The lowest BCUT2D eigenvalue weighted by molar-refractivity contribution is -0.125. The van der Waals surface area contributed by atoms with Crippen molar-refractivity contribution in [2.45, 2.75) is 25.4 Å². The maximum absolute atomic E-state index is 11.5. The number of nitrogens with one attached hydrogen (secondary N) is 2. The Morgan fingerprint density at radius 3 is 3.13 bits per heavy atom. The molecule has 2 heterocycles. The quantitative estimate of drug-likeness (QED) is 0.744. The zero-order valence-electron chi connectivity index (χ0n) is 8.16. The van der Waals surface area contributed by atoms with E-state index in [0.29, 0.717) is 25.1 Å². The molecule has 0 unspecified atom stereocenters. The normalized spacial score (nSPS) is 20.0. The molecule has 2 N–H and O–H groups in total. The molecule has 5 nitrogen and oxygen atoms in total. The Labute approximate surface area is 86.8 Å². The van der Waals surface area contributed by atoms with E-state index in [4.69, 9.17) is 4.42 Å². The van der Waals surface area contributed by atoms with Gasteiger partial charge in [-0.2, -0.15) is 0 Å². The number of hydrogen-bond acceptors (Lipinski definition) is 3. The van der Waals surface area contributed by atoms with Crippen molar-refractivity contribution in [1.82, 2.24) is 10.6 Å². The van der Waals surface area contributed by atoms with Gasteiger partial charge in [0.1, 0.15) is 11.8 Å². The lowest BCUT2D eigenvalue weighted by atomic mass is 10.2. The molecule has 1 fully saturated rings. The summed E-state index contributed by atoms with van der Waals surface area (Å²) in [5.41, 5.74) is 0.